The van der Waals surface area contributed by atoms with Crippen molar-refractivity contribution in [3.8, 4) is 0 Å². The van der Waals surface area contributed by atoms with Gasteiger partial charge < -0.3 is 15.0 Å². The van der Waals surface area contributed by atoms with Gasteiger partial charge in [0.1, 0.15) is 5.54 Å². The summed E-state index contributed by atoms with van der Waals surface area (Å²) in [6, 6.07) is 7.99. The first-order valence-electron chi connectivity index (χ1n) is 6.95. The highest BCUT2D eigenvalue weighted by atomic mass is 79.9. The van der Waals surface area contributed by atoms with E-state index in [0.717, 1.165) is 16.5 Å². The van der Waals surface area contributed by atoms with E-state index in [0.29, 0.717) is 31.3 Å². The van der Waals surface area contributed by atoms with Crippen molar-refractivity contribution in [3.05, 3.63) is 46.0 Å². The van der Waals surface area contributed by atoms with Gasteiger partial charge in [0.2, 0.25) is 5.89 Å². The molecule has 2 aromatic rings. The second-order valence-corrected chi connectivity index (χ2v) is 6.20. The van der Waals surface area contributed by atoms with Gasteiger partial charge in [-0.2, -0.15) is 4.98 Å². The molecule has 114 valence electrons. The molecule has 0 saturated carbocycles. The molecule has 0 saturated heterocycles. The molecule has 0 aliphatic carbocycles. The van der Waals surface area contributed by atoms with Crippen LogP contribution in [-0.2, 0) is 16.7 Å². The molecule has 2 rings (SSSR count). The van der Waals surface area contributed by atoms with E-state index in [1.54, 1.807) is 0 Å². The van der Waals surface area contributed by atoms with Crippen LogP contribution in [-0.4, -0.2) is 23.4 Å². The van der Waals surface area contributed by atoms with Crippen LogP contribution >= 0.6 is 15.9 Å². The fourth-order valence-corrected chi connectivity index (χ4v) is 2.32. The SMILES string of the molecule is CCCOCC(C)(N)c1noc(Cc2cccc(Br)c2)n1. The lowest BCUT2D eigenvalue weighted by molar-refractivity contribution is 0.0867. The van der Waals surface area contributed by atoms with Crippen molar-refractivity contribution in [3.63, 3.8) is 0 Å². The van der Waals surface area contributed by atoms with Crippen LogP contribution in [0.2, 0.25) is 0 Å². The molecule has 1 unspecified atom stereocenters. The second-order valence-electron chi connectivity index (χ2n) is 5.29. The molecule has 0 aliphatic rings. The molecule has 21 heavy (non-hydrogen) atoms. The fourth-order valence-electron chi connectivity index (χ4n) is 1.87. The monoisotopic (exact) mass is 353 g/mol. The Bertz CT molecular complexity index is 584. The van der Waals surface area contributed by atoms with E-state index in [9.17, 15) is 0 Å². The van der Waals surface area contributed by atoms with Crippen LogP contribution in [0.25, 0.3) is 0 Å². The fraction of sp³-hybridized carbons (Fsp3) is 0.467. The van der Waals surface area contributed by atoms with Gasteiger partial charge in [-0.3, -0.25) is 0 Å². The molecule has 0 spiro atoms. The first kappa shape index (κ1) is 16.1. The van der Waals surface area contributed by atoms with Gasteiger partial charge in [-0.05, 0) is 31.0 Å². The summed E-state index contributed by atoms with van der Waals surface area (Å²) in [7, 11) is 0. The van der Waals surface area contributed by atoms with Crippen LogP contribution < -0.4 is 5.73 Å². The molecule has 1 aromatic carbocycles. The summed E-state index contributed by atoms with van der Waals surface area (Å²) in [6.07, 6.45) is 1.54. The van der Waals surface area contributed by atoms with Gasteiger partial charge in [0.15, 0.2) is 5.82 Å². The molecular formula is C15H20BrN3O2. The topological polar surface area (TPSA) is 74.2 Å². The Labute approximate surface area is 133 Å². The van der Waals surface area contributed by atoms with Gasteiger partial charge in [0, 0.05) is 11.1 Å². The Hall–Kier alpha value is -1.24. The number of hydrogen-bond donors (Lipinski definition) is 1. The lowest BCUT2D eigenvalue weighted by atomic mass is 10.1. The molecule has 1 aromatic heterocycles. The normalized spacial score (nSPS) is 14.1. The van der Waals surface area contributed by atoms with Crippen molar-refractivity contribution >= 4 is 15.9 Å². The molecule has 6 heteroatoms. The summed E-state index contributed by atoms with van der Waals surface area (Å²) in [6.45, 7) is 4.95. The van der Waals surface area contributed by atoms with Crippen molar-refractivity contribution in [1.82, 2.24) is 10.1 Å². The third-order valence-electron chi connectivity index (χ3n) is 2.97. The molecule has 1 heterocycles. The minimum absolute atomic E-state index is 0.372. The van der Waals surface area contributed by atoms with Crippen LogP contribution in [0.4, 0.5) is 0 Å². The van der Waals surface area contributed by atoms with E-state index in [-0.39, 0.29) is 0 Å². The van der Waals surface area contributed by atoms with Crippen LogP contribution in [0, 0.1) is 0 Å². The molecule has 0 bridgehead atoms. The maximum absolute atomic E-state index is 6.19. The lowest BCUT2D eigenvalue weighted by Crippen LogP contribution is -2.39. The van der Waals surface area contributed by atoms with Crippen LogP contribution in [0.1, 0.15) is 37.5 Å². The molecule has 2 N–H and O–H groups in total. The third kappa shape index (κ3) is 4.62. The summed E-state index contributed by atoms with van der Waals surface area (Å²) in [5.74, 6) is 1.03. The third-order valence-corrected chi connectivity index (χ3v) is 3.47. The standard InChI is InChI=1S/C15H20BrN3O2/c1-3-7-20-10-15(2,17)14-18-13(21-19-14)9-11-5-4-6-12(16)8-11/h4-6,8H,3,7,9-10,17H2,1-2H3. The van der Waals surface area contributed by atoms with Crippen molar-refractivity contribution in [1.29, 1.82) is 0 Å². The van der Waals surface area contributed by atoms with Crippen LogP contribution in [0.5, 0.6) is 0 Å². The van der Waals surface area contributed by atoms with Crippen molar-refractivity contribution in [2.24, 2.45) is 5.73 Å². The molecule has 1 atom stereocenters. The summed E-state index contributed by atoms with van der Waals surface area (Å²) in [5.41, 5.74) is 6.55. The first-order valence-corrected chi connectivity index (χ1v) is 7.74. The Balaban J connectivity index is 2.03. The minimum atomic E-state index is -0.742. The van der Waals surface area contributed by atoms with Gasteiger partial charge in [-0.1, -0.05) is 40.1 Å². The number of halogens is 1. The molecule has 0 amide bonds. The molecule has 0 aliphatic heterocycles. The van der Waals surface area contributed by atoms with E-state index >= 15 is 0 Å². The Morgan fingerprint density at radius 1 is 1.43 bits per heavy atom. The van der Waals surface area contributed by atoms with E-state index in [2.05, 4.69) is 33.0 Å². The highest BCUT2D eigenvalue weighted by Gasteiger charge is 2.27. The number of hydrogen-bond acceptors (Lipinski definition) is 5. The predicted octanol–water partition coefficient (Wildman–Crippen LogP) is 3.02. The predicted molar refractivity (Wildman–Crippen MR) is 83.9 cm³/mol. The first-order chi connectivity index (χ1) is 10.0. The average molecular weight is 354 g/mol. The summed E-state index contributed by atoms with van der Waals surface area (Å²) < 4.78 is 11.8. The molecular weight excluding hydrogens is 334 g/mol. The van der Waals surface area contributed by atoms with Gasteiger partial charge in [0.05, 0.1) is 13.0 Å². The largest absolute Gasteiger partial charge is 0.379 e. The maximum atomic E-state index is 6.19. The average Bonchev–Trinajstić information content (AvgIpc) is 2.88. The van der Waals surface area contributed by atoms with Crippen molar-refractivity contribution < 1.29 is 9.26 Å². The molecule has 0 fully saturated rings. The van der Waals surface area contributed by atoms with Crippen molar-refractivity contribution in [2.75, 3.05) is 13.2 Å². The van der Waals surface area contributed by atoms with E-state index in [1.165, 1.54) is 0 Å². The van der Waals surface area contributed by atoms with Gasteiger partial charge in [-0.15, -0.1) is 0 Å². The summed E-state index contributed by atoms with van der Waals surface area (Å²) in [5, 5.41) is 3.98. The molecule has 0 radical (unpaired) electrons. The van der Waals surface area contributed by atoms with E-state index in [4.69, 9.17) is 15.0 Å². The second kappa shape index (κ2) is 7.15. The Kier molecular flexibility index (Phi) is 5.50. The summed E-state index contributed by atoms with van der Waals surface area (Å²) >= 11 is 3.44. The maximum Gasteiger partial charge on any atom is 0.231 e. The van der Waals surface area contributed by atoms with Crippen molar-refractivity contribution in [2.45, 2.75) is 32.2 Å². The van der Waals surface area contributed by atoms with Gasteiger partial charge in [0.25, 0.3) is 0 Å². The number of aromatic nitrogens is 2. The zero-order chi connectivity index (χ0) is 15.3. The van der Waals surface area contributed by atoms with Gasteiger partial charge in [-0.25, -0.2) is 0 Å². The van der Waals surface area contributed by atoms with E-state index in [1.807, 2.05) is 31.2 Å². The Morgan fingerprint density at radius 3 is 2.95 bits per heavy atom. The van der Waals surface area contributed by atoms with Gasteiger partial charge >= 0.3 is 0 Å². The zero-order valence-electron chi connectivity index (χ0n) is 12.3. The zero-order valence-corrected chi connectivity index (χ0v) is 13.9. The minimum Gasteiger partial charge on any atom is -0.379 e. The summed E-state index contributed by atoms with van der Waals surface area (Å²) in [4.78, 5) is 4.39. The van der Waals surface area contributed by atoms with E-state index < -0.39 is 5.54 Å². The quantitative estimate of drug-likeness (QED) is 0.774. The number of nitrogens with zero attached hydrogens (tertiary/aromatic N) is 2. The number of ether oxygens (including phenoxy) is 1. The highest BCUT2D eigenvalue weighted by molar-refractivity contribution is 9.10. The highest BCUT2D eigenvalue weighted by Crippen LogP contribution is 2.18. The molecule has 5 nitrogen and oxygen atoms in total. The van der Waals surface area contributed by atoms with Crippen LogP contribution in [0.3, 0.4) is 0 Å². The number of rotatable bonds is 7. The number of nitrogens with two attached hydrogens (primary N) is 1. The number of benzene rings is 1. The van der Waals surface area contributed by atoms with Crippen LogP contribution in [0.15, 0.2) is 33.3 Å². The lowest BCUT2D eigenvalue weighted by Gasteiger charge is -2.19. The smallest absolute Gasteiger partial charge is 0.231 e. The Morgan fingerprint density at radius 2 is 2.24 bits per heavy atom.